The zero-order chi connectivity index (χ0) is 40.3. The number of hydrogen-bond acceptors (Lipinski definition) is 5. The Bertz CT molecular complexity index is 1130. The first-order valence-corrected chi connectivity index (χ1v) is 20.6. The van der Waals surface area contributed by atoms with Crippen molar-refractivity contribution in [2.24, 2.45) is 35.5 Å². The van der Waals surface area contributed by atoms with Crippen molar-refractivity contribution in [2.75, 3.05) is 34.2 Å². The molecular formula is C46H85N5O. The molecule has 9 unspecified atom stereocenters. The second-order valence-corrected chi connectivity index (χ2v) is 16.2. The third kappa shape index (κ3) is 14.6. The maximum absolute atomic E-state index is 13.7. The van der Waals surface area contributed by atoms with Gasteiger partial charge in [0.2, 0.25) is 5.91 Å². The molecule has 0 aromatic carbocycles. The van der Waals surface area contributed by atoms with E-state index in [1.54, 1.807) is 0 Å². The number of likely N-dealkylation sites (N-methyl/N-ethyl adjacent to an activating group) is 2. The summed E-state index contributed by atoms with van der Waals surface area (Å²) in [6.07, 6.45) is 13.4. The summed E-state index contributed by atoms with van der Waals surface area (Å²) in [5.74, 6) is 2.29. The number of likely N-dealkylation sites (tertiary alicyclic amines) is 1. The van der Waals surface area contributed by atoms with Crippen molar-refractivity contribution < 1.29 is 4.79 Å². The molecule has 0 aliphatic carbocycles. The SMILES string of the molecule is C=C/C=C(\C=C)C(C)C(C)NC(=C)C(C)C(CC)C1CCCN1C(=C)CC(CC)C(C(C)CC)N(C)C(=O)CNC(=C)C(C(C)C)N(C)C.CCC. The second kappa shape index (κ2) is 25.3. The molecule has 1 amide bonds. The van der Waals surface area contributed by atoms with Crippen LogP contribution >= 0.6 is 0 Å². The van der Waals surface area contributed by atoms with E-state index in [1.165, 1.54) is 30.5 Å². The van der Waals surface area contributed by atoms with Crippen LogP contribution in [0.4, 0.5) is 0 Å². The van der Waals surface area contributed by atoms with Crippen molar-refractivity contribution in [2.45, 2.75) is 145 Å². The van der Waals surface area contributed by atoms with Crippen LogP contribution < -0.4 is 10.6 Å². The Kier molecular flexibility index (Phi) is 24.0. The highest BCUT2D eigenvalue weighted by molar-refractivity contribution is 5.78. The van der Waals surface area contributed by atoms with Gasteiger partial charge in [0.1, 0.15) is 0 Å². The Morgan fingerprint density at radius 2 is 1.48 bits per heavy atom. The molecule has 1 saturated heterocycles. The third-order valence-electron chi connectivity index (χ3n) is 11.7. The van der Waals surface area contributed by atoms with Crippen LogP contribution in [0.25, 0.3) is 0 Å². The normalized spacial score (nSPS) is 19.3. The van der Waals surface area contributed by atoms with E-state index in [0.29, 0.717) is 41.5 Å². The molecule has 52 heavy (non-hydrogen) atoms. The fraction of sp³-hybridized carbons (Fsp3) is 0.717. The van der Waals surface area contributed by atoms with Crippen molar-refractivity contribution in [3.05, 3.63) is 73.8 Å². The summed E-state index contributed by atoms with van der Waals surface area (Å²) < 4.78 is 0. The molecule has 6 nitrogen and oxygen atoms in total. The van der Waals surface area contributed by atoms with Gasteiger partial charge in [0, 0.05) is 54.7 Å². The fourth-order valence-electron chi connectivity index (χ4n) is 8.45. The molecule has 0 aromatic rings. The van der Waals surface area contributed by atoms with Gasteiger partial charge in [0.15, 0.2) is 0 Å². The second-order valence-electron chi connectivity index (χ2n) is 16.2. The van der Waals surface area contributed by atoms with Gasteiger partial charge in [-0.15, -0.1) is 0 Å². The topological polar surface area (TPSA) is 50.9 Å². The highest BCUT2D eigenvalue weighted by Gasteiger charge is 2.38. The van der Waals surface area contributed by atoms with E-state index in [-0.39, 0.29) is 30.6 Å². The van der Waals surface area contributed by atoms with Gasteiger partial charge in [-0.3, -0.25) is 4.79 Å². The van der Waals surface area contributed by atoms with Crippen LogP contribution in [0.3, 0.4) is 0 Å². The molecule has 1 aliphatic heterocycles. The molecule has 1 fully saturated rings. The summed E-state index contributed by atoms with van der Waals surface area (Å²) in [6, 6.07) is 0.964. The summed E-state index contributed by atoms with van der Waals surface area (Å²) in [5.41, 5.74) is 4.41. The van der Waals surface area contributed by atoms with Crippen LogP contribution in [0.5, 0.6) is 0 Å². The number of carbonyl (C=O) groups excluding carboxylic acids is 1. The van der Waals surface area contributed by atoms with Crippen LogP contribution in [0, 0.1) is 35.5 Å². The molecular weight excluding hydrogens is 639 g/mol. The van der Waals surface area contributed by atoms with E-state index in [9.17, 15) is 4.79 Å². The van der Waals surface area contributed by atoms with Crippen molar-refractivity contribution in [3.8, 4) is 0 Å². The Morgan fingerprint density at radius 3 is 1.94 bits per heavy atom. The number of amides is 1. The Morgan fingerprint density at radius 1 is 0.885 bits per heavy atom. The summed E-state index contributed by atoms with van der Waals surface area (Å²) in [4.78, 5) is 20.5. The van der Waals surface area contributed by atoms with Gasteiger partial charge in [0.05, 0.1) is 12.6 Å². The van der Waals surface area contributed by atoms with Gasteiger partial charge in [-0.05, 0) is 75.4 Å². The quantitative estimate of drug-likeness (QED) is 0.0972. The lowest BCUT2D eigenvalue weighted by Gasteiger charge is -2.42. The zero-order valence-corrected chi connectivity index (χ0v) is 36.7. The zero-order valence-electron chi connectivity index (χ0n) is 36.7. The lowest BCUT2D eigenvalue weighted by molar-refractivity contribution is -0.133. The van der Waals surface area contributed by atoms with E-state index >= 15 is 0 Å². The van der Waals surface area contributed by atoms with Gasteiger partial charge < -0.3 is 25.3 Å². The van der Waals surface area contributed by atoms with Crippen LogP contribution in [-0.2, 0) is 4.79 Å². The van der Waals surface area contributed by atoms with Crippen molar-refractivity contribution in [1.82, 2.24) is 25.3 Å². The van der Waals surface area contributed by atoms with Crippen molar-refractivity contribution in [3.63, 3.8) is 0 Å². The Labute approximate surface area is 324 Å². The Balaban J connectivity index is 0.00000835. The smallest absolute Gasteiger partial charge is 0.241 e. The molecule has 300 valence electrons. The third-order valence-corrected chi connectivity index (χ3v) is 11.7. The molecule has 1 aliphatic rings. The average molecular weight is 724 g/mol. The molecule has 6 heteroatoms. The molecule has 0 saturated carbocycles. The number of carbonyl (C=O) groups is 1. The van der Waals surface area contributed by atoms with Gasteiger partial charge in [-0.2, -0.15) is 0 Å². The number of hydrogen-bond donors (Lipinski definition) is 2. The van der Waals surface area contributed by atoms with E-state index in [1.807, 2.05) is 30.2 Å². The summed E-state index contributed by atoms with van der Waals surface area (Å²) in [6.45, 7) is 47.3. The first kappa shape index (κ1) is 49.3. The predicted octanol–water partition coefficient (Wildman–Crippen LogP) is 10.4. The molecule has 0 radical (unpaired) electrons. The molecule has 0 aromatic heterocycles. The van der Waals surface area contributed by atoms with E-state index in [4.69, 9.17) is 6.58 Å². The standard InChI is InChI=1S/C43H77N5O.C3H8/c1-18-24-37(20-3)32(10)34(12)45-35(13)33(11)39(22-5)40-25-23-26-48(40)31(9)27-38(21-4)43(30(8)19-2)47(17)41(49)28-44-36(14)42(29(6)7)46(15)16;1-3-2/h18,20,24,29-30,32-34,38-40,42-45H,1,3,9,13-14,19,21-23,25-28H2,2,4-8,10-12,15-17H3;3H2,1-2H3/b37-24+;. The number of nitrogens with zero attached hydrogens (tertiary/aromatic N) is 3. The minimum absolute atomic E-state index is 0.116. The van der Waals surface area contributed by atoms with E-state index < -0.39 is 0 Å². The van der Waals surface area contributed by atoms with Gasteiger partial charge in [-0.1, -0.05) is 146 Å². The monoisotopic (exact) mass is 724 g/mol. The summed E-state index contributed by atoms with van der Waals surface area (Å²) in [5, 5.41) is 7.14. The highest BCUT2D eigenvalue weighted by atomic mass is 16.2. The molecule has 0 bridgehead atoms. The van der Waals surface area contributed by atoms with Crippen LogP contribution in [0.1, 0.15) is 121 Å². The van der Waals surface area contributed by atoms with Crippen molar-refractivity contribution in [1.29, 1.82) is 0 Å². The first-order chi connectivity index (χ1) is 24.4. The molecule has 0 spiro atoms. The molecule has 9 atom stereocenters. The van der Waals surface area contributed by atoms with Crippen molar-refractivity contribution >= 4 is 5.91 Å². The fourth-order valence-corrected chi connectivity index (χ4v) is 8.45. The minimum Gasteiger partial charge on any atom is -0.386 e. The molecule has 2 N–H and O–H groups in total. The lowest BCUT2D eigenvalue weighted by atomic mass is 9.80. The van der Waals surface area contributed by atoms with E-state index in [0.717, 1.165) is 43.6 Å². The van der Waals surface area contributed by atoms with Gasteiger partial charge in [-0.25, -0.2) is 0 Å². The summed E-state index contributed by atoms with van der Waals surface area (Å²) in [7, 11) is 6.13. The average Bonchev–Trinajstić information content (AvgIpc) is 3.58. The molecule has 1 heterocycles. The first-order valence-electron chi connectivity index (χ1n) is 20.6. The largest absolute Gasteiger partial charge is 0.386 e. The van der Waals surface area contributed by atoms with Crippen LogP contribution in [0.2, 0.25) is 0 Å². The van der Waals surface area contributed by atoms with Gasteiger partial charge in [0.25, 0.3) is 0 Å². The number of nitrogens with one attached hydrogen (secondary N) is 2. The van der Waals surface area contributed by atoms with Crippen LogP contribution in [-0.4, -0.2) is 79.0 Å². The summed E-state index contributed by atoms with van der Waals surface area (Å²) >= 11 is 0. The number of allylic oxidation sites excluding steroid dienone is 5. The maximum atomic E-state index is 13.7. The number of rotatable bonds is 24. The van der Waals surface area contributed by atoms with Crippen LogP contribution in [0.15, 0.2) is 73.8 Å². The predicted molar refractivity (Wildman–Crippen MR) is 231 cm³/mol. The lowest BCUT2D eigenvalue weighted by Crippen LogP contribution is -2.50. The van der Waals surface area contributed by atoms with Gasteiger partial charge >= 0.3 is 0 Å². The minimum atomic E-state index is 0.116. The highest BCUT2D eigenvalue weighted by Crippen LogP contribution is 2.38. The van der Waals surface area contributed by atoms with E-state index in [2.05, 4.69) is 137 Å². The Hall–Kier alpha value is -2.73. The molecule has 1 rings (SSSR count). The maximum Gasteiger partial charge on any atom is 0.241 e.